The maximum absolute atomic E-state index is 2.48. The third kappa shape index (κ3) is 3.52. The van der Waals surface area contributed by atoms with Gasteiger partial charge in [0.2, 0.25) is 0 Å². The van der Waals surface area contributed by atoms with Crippen LogP contribution in [0, 0.1) is 0 Å². The normalized spacial score (nSPS) is 16.7. The topological polar surface area (TPSA) is 6.48 Å². The van der Waals surface area contributed by atoms with Crippen LogP contribution < -0.4 is 9.80 Å². The van der Waals surface area contributed by atoms with Crippen LogP contribution in [-0.2, 0) is 0 Å². The Bertz CT molecular complexity index is 820. The molecule has 0 amide bonds. The van der Waals surface area contributed by atoms with Gasteiger partial charge in [0.15, 0.2) is 0 Å². The lowest BCUT2D eigenvalue weighted by Gasteiger charge is -2.18. The number of benzene rings is 3. The molecular weight excluding hydrogens is 340 g/mol. The quantitative estimate of drug-likeness (QED) is 0.539. The monoisotopic (exact) mass is 368 g/mol. The van der Waals surface area contributed by atoms with E-state index in [0.717, 1.165) is 0 Å². The second-order valence-corrected chi connectivity index (χ2v) is 8.06. The molecule has 0 N–H and O–H groups in total. The van der Waals surface area contributed by atoms with Gasteiger partial charge in [-0.25, -0.2) is 0 Å². The van der Waals surface area contributed by atoms with Gasteiger partial charge >= 0.3 is 0 Å². The van der Waals surface area contributed by atoms with Crippen LogP contribution in [0.2, 0.25) is 0 Å². The van der Waals surface area contributed by atoms with Gasteiger partial charge in [0, 0.05) is 37.6 Å². The fourth-order valence-electron chi connectivity index (χ4n) is 4.54. The summed E-state index contributed by atoms with van der Waals surface area (Å²) in [6, 6.07) is 27.1. The fraction of sp³-hybridized carbons (Fsp3) is 0.308. The largest absolute Gasteiger partial charge is 0.372 e. The molecule has 0 unspecified atom stereocenters. The second kappa shape index (κ2) is 7.71. The van der Waals surface area contributed by atoms with Gasteiger partial charge in [-0.1, -0.05) is 48.5 Å². The Morgan fingerprint density at radius 2 is 0.607 bits per heavy atom. The van der Waals surface area contributed by atoms with Crippen molar-refractivity contribution in [2.24, 2.45) is 0 Å². The van der Waals surface area contributed by atoms with E-state index >= 15 is 0 Å². The summed E-state index contributed by atoms with van der Waals surface area (Å²) < 4.78 is 0. The number of hydrogen-bond donors (Lipinski definition) is 0. The zero-order valence-electron chi connectivity index (χ0n) is 16.5. The van der Waals surface area contributed by atoms with Crippen molar-refractivity contribution in [2.75, 3.05) is 36.0 Å². The van der Waals surface area contributed by atoms with Gasteiger partial charge in [0.25, 0.3) is 0 Å². The zero-order chi connectivity index (χ0) is 18.8. The number of anilines is 2. The maximum atomic E-state index is 2.48. The van der Waals surface area contributed by atoms with E-state index in [2.05, 4.69) is 82.6 Å². The Kier molecular flexibility index (Phi) is 4.78. The van der Waals surface area contributed by atoms with E-state index in [9.17, 15) is 0 Å². The first-order chi connectivity index (χ1) is 13.9. The lowest BCUT2D eigenvalue weighted by molar-refractivity contribution is 0.949. The molecule has 2 heterocycles. The molecule has 142 valence electrons. The van der Waals surface area contributed by atoms with E-state index in [-0.39, 0.29) is 0 Å². The molecule has 5 rings (SSSR count). The molecular formula is C26H28N2. The Balaban J connectivity index is 1.31. The third-order valence-electron chi connectivity index (χ3n) is 6.23. The first kappa shape index (κ1) is 17.4. The van der Waals surface area contributed by atoms with Crippen molar-refractivity contribution >= 4 is 11.4 Å². The molecule has 2 aliphatic heterocycles. The summed E-state index contributed by atoms with van der Waals surface area (Å²) in [6.07, 6.45) is 5.29. The van der Waals surface area contributed by atoms with E-state index in [1.165, 1.54) is 85.5 Å². The maximum Gasteiger partial charge on any atom is 0.0366 e. The summed E-state index contributed by atoms with van der Waals surface area (Å²) in [7, 11) is 0. The molecule has 0 spiro atoms. The highest BCUT2D eigenvalue weighted by molar-refractivity contribution is 5.72. The summed E-state index contributed by atoms with van der Waals surface area (Å²) in [5.41, 5.74) is 7.86. The number of rotatable bonds is 4. The molecule has 3 aromatic carbocycles. The summed E-state index contributed by atoms with van der Waals surface area (Å²) in [5, 5.41) is 0. The Hall–Kier alpha value is -2.74. The van der Waals surface area contributed by atoms with Crippen LogP contribution >= 0.6 is 0 Å². The number of nitrogens with zero attached hydrogens (tertiary/aromatic N) is 2. The van der Waals surface area contributed by atoms with Crippen molar-refractivity contribution in [2.45, 2.75) is 25.7 Å². The summed E-state index contributed by atoms with van der Waals surface area (Å²) >= 11 is 0. The van der Waals surface area contributed by atoms with Crippen LogP contribution in [0.5, 0.6) is 0 Å². The van der Waals surface area contributed by atoms with E-state index in [1.54, 1.807) is 0 Å². The van der Waals surface area contributed by atoms with Crippen molar-refractivity contribution in [3.8, 4) is 22.3 Å². The van der Waals surface area contributed by atoms with Gasteiger partial charge in [-0.15, -0.1) is 0 Å². The SMILES string of the molecule is c1cc(-c2ccc(N3CCCC3)cc2)ccc1-c1ccc(N2CCCC2)cc1. The molecule has 2 heteroatoms. The van der Waals surface area contributed by atoms with E-state index in [1.807, 2.05) is 0 Å². The van der Waals surface area contributed by atoms with Gasteiger partial charge in [-0.05, 0) is 72.2 Å². The summed E-state index contributed by atoms with van der Waals surface area (Å²) in [5.74, 6) is 0. The fourth-order valence-corrected chi connectivity index (χ4v) is 4.54. The predicted molar refractivity (Wildman–Crippen MR) is 120 cm³/mol. The van der Waals surface area contributed by atoms with Crippen molar-refractivity contribution in [3.05, 3.63) is 72.8 Å². The molecule has 2 saturated heterocycles. The van der Waals surface area contributed by atoms with Crippen LogP contribution in [-0.4, -0.2) is 26.2 Å². The average molecular weight is 369 g/mol. The van der Waals surface area contributed by atoms with Crippen molar-refractivity contribution in [1.29, 1.82) is 0 Å². The molecule has 0 aromatic heterocycles. The lowest BCUT2D eigenvalue weighted by Crippen LogP contribution is -2.17. The van der Waals surface area contributed by atoms with Crippen LogP contribution in [0.1, 0.15) is 25.7 Å². The van der Waals surface area contributed by atoms with Gasteiger partial charge in [0.1, 0.15) is 0 Å². The van der Waals surface area contributed by atoms with Crippen LogP contribution in [0.15, 0.2) is 72.8 Å². The highest BCUT2D eigenvalue weighted by atomic mass is 15.1. The smallest absolute Gasteiger partial charge is 0.0366 e. The minimum absolute atomic E-state index is 1.20. The minimum atomic E-state index is 1.20. The summed E-state index contributed by atoms with van der Waals surface area (Å²) in [4.78, 5) is 4.97. The summed E-state index contributed by atoms with van der Waals surface area (Å²) in [6.45, 7) is 4.80. The molecule has 0 radical (unpaired) electrons. The molecule has 0 saturated carbocycles. The molecule has 0 atom stereocenters. The molecule has 0 bridgehead atoms. The Morgan fingerprint density at radius 3 is 0.893 bits per heavy atom. The zero-order valence-corrected chi connectivity index (χ0v) is 16.5. The predicted octanol–water partition coefficient (Wildman–Crippen LogP) is 6.22. The first-order valence-electron chi connectivity index (χ1n) is 10.7. The van der Waals surface area contributed by atoms with Gasteiger partial charge in [-0.3, -0.25) is 0 Å². The highest BCUT2D eigenvalue weighted by Gasteiger charge is 2.13. The van der Waals surface area contributed by atoms with Crippen molar-refractivity contribution in [1.82, 2.24) is 0 Å². The molecule has 3 aromatic rings. The van der Waals surface area contributed by atoms with Crippen LogP contribution in [0.4, 0.5) is 11.4 Å². The van der Waals surface area contributed by atoms with Crippen molar-refractivity contribution in [3.63, 3.8) is 0 Å². The van der Waals surface area contributed by atoms with Crippen LogP contribution in [0.3, 0.4) is 0 Å². The van der Waals surface area contributed by atoms with E-state index in [0.29, 0.717) is 0 Å². The van der Waals surface area contributed by atoms with Crippen molar-refractivity contribution < 1.29 is 0 Å². The van der Waals surface area contributed by atoms with Gasteiger partial charge in [0.05, 0.1) is 0 Å². The average Bonchev–Trinajstić information content (AvgIpc) is 3.49. The van der Waals surface area contributed by atoms with Gasteiger partial charge < -0.3 is 9.80 Å². The molecule has 0 aliphatic carbocycles. The number of hydrogen-bond acceptors (Lipinski definition) is 2. The van der Waals surface area contributed by atoms with E-state index in [4.69, 9.17) is 0 Å². The lowest BCUT2D eigenvalue weighted by atomic mass is 10.00. The molecule has 2 aliphatic rings. The van der Waals surface area contributed by atoms with Crippen LogP contribution in [0.25, 0.3) is 22.3 Å². The van der Waals surface area contributed by atoms with Gasteiger partial charge in [-0.2, -0.15) is 0 Å². The molecule has 2 nitrogen and oxygen atoms in total. The second-order valence-electron chi connectivity index (χ2n) is 8.06. The first-order valence-corrected chi connectivity index (χ1v) is 10.7. The highest BCUT2D eigenvalue weighted by Crippen LogP contribution is 2.29. The standard InChI is InChI=1S/C26H28N2/c1-2-18-27(17-1)25-13-9-23(10-14-25)21-5-7-22(8-6-21)24-11-15-26(16-12-24)28-19-3-4-20-28/h5-16H,1-4,17-20H2. The molecule has 2 fully saturated rings. The van der Waals surface area contributed by atoms with E-state index < -0.39 is 0 Å². The Morgan fingerprint density at radius 1 is 0.357 bits per heavy atom. The Labute approximate surface area is 168 Å². The molecule has 28 heavy (non-hydrogen) atoms. The minimum Gasteiger partial charge on any atom is -0.372 e. The third-order valence-corrected chi connectivity index (χ3v) is 6.23.